The second-order valence-electron chi connectivity index (χ2n) is 6.89. The van der Waals surface area contributed by atoms with E-state index in [4.69, 9.17) is 0 Å². The second kappa shape index (κ2) is 7.13. The molecule has 1 aliphatic rings. The van der Waals surface area contributed by atoms with E-state index in [1.54, 1.807) is 0 Å². The molecule has 0 bridgehead atoms. The molecule has 1 amide bonds. The number of piperidine rings is 1. The van der Waals surface area contributed by atoms with Gasteiger partial charge in [0.2, 0.25) is 5.91 Å². The molecule has 1 rings (SSSR count). The minimum absolute atomic E-state index is 0.198. The van der Waals surface area contributed by atoms with Gasteiger partial charge in [0, 0.05) is 19.0 Å². The molecule has 2 N–H and O–H groups in total. The Morgan fingerprint density at radius 2 is 2.11 bits per heavy atom. The fourth-order valence-electron chi connectivity index (χ4n) is 2.91. The van der Waals surface area contributed by atoms with Crippen molar-refractivity contribution in [2.75, 3.05) is 13.1 Å². The molecule has 0 aromatic carbocycles. The highest BCUT2D eigenvalue weighted by atomic mass is 16.1. The molecule has 3 nitrogen and oxygen atoms in total. The van der Waals surface area contributed by atoms with Crippen LogP contribution in [0.2, 0.25) is 0 Å². The quantitative estimate of drug-likeness (QED) is 0.765. The first-order valence-electron chi connectivity index (χ1n) is 7.39. The number of carbonyl (C=O) groups is 1. The predicted octanol–water partition coefficient (Wildman–Crippen LogP) is 2.71. The number of carbonyl (C=O) groups excluding carboxylic acids is 1. The summed E-state index contributed by atoms with van der Waals surface area (Å²) >= 11 is 0. The Hall–Kier alpha value is -0.570. The maximum Gasteiger partial charge on any atom is 0.221 e. The molecule has 0 saturated carbocycles. The van der Waals surface area contributed by atoms with Crippen LogP contribution in [0, 0.1) is 11.3 Å². The van der Waals surface area contributed by atoms with Crippen LogP contribution in [-0.2, 0) is 4.79 Å². The van der Waals surface area contributed by atoms with Gasteiger partial charge in [0.15, 0.2) is 0 Å². The van der Waals surface area contributed by atoms with E-state index in [1.807, 2.05) is 0 Å². The molecule has 1 aliphatic heterocycles. The summed E-state index contributed by atoms with van der Waals surface area (Å²) in [5.41, 5.74) is 0.198. The van der Waals surface area contributed by atoms with Crippen LogP contribution < -0.4 is 10.6 Å². The van der Waals surface area contributed by atoms with Crippen LogP contribution in [0.1, 0.15) is 59.8 Å². The molecule has 0 aromatic rings. The number of nitrogens with one attached hydrogen (secondary N) is 2. The van der Waals surface area contributed by atoms with Crippen LogP contribution in [-0.4, -0.2) is 25.0 Å². The van der Waals surface area contributed by atoms with E-state index in [9.17, 15) is 4.79 Å². The number of rotatable bonds is 6. The van der Waals surface area contributed by atoms with E-state index >= 15 is 0 Å². The van der Waals surface area contributed by atoms with Crippen molar-refractivity contribution in [3.8, 4) is 0 Å². The summed E-state index contributed by atoms with van der Waals surface area (Å²) in [4.78, 5) is 11.9. The van der Waals surface area contributed by atoms with E-state index < -0.39 is 0 Å². The SMILES string of the molecule is CC(C)CC(C)(C)CNC(=O)CC1CCCCN1. The Morgan fingerprint density at radius 1 is 1.39 bits per heavy atom. The maximum atomic E-state index is 11.9. The Kier molecular flexibility index (Phi) is 6.13. The van der Waals surface area contributed by atoms with Gasteiger partial charge >= 0.3 is 0 Å². The van der Waals surface area contributed by atoms with Crippen molar-refractivity contribution in [2.45, 2.75) is 65.8 Å². The number of hydrogen-bond donors (Lipinski definition) is 2. The summed E-state index contributed by atoms with van der Waals surface area (Å²) in [6, 6.07) is 0.395. The van der Waals surface area contributed by atoms with E-state index in [0.29, 0.717) is 18.4 Å². The van der Waals surface area contributed by atoms with Crippen molar-refractivity contribution >= 4 is 5.91 Å². The third kappa shape index (κ3) is 6.39. The zero-order valence-electron chi connectivity index (χ0n) is 12.5. The molecular weight excluding hydrogens is 224 g/mol. The highest BCUT2D eigenvalue weighted by Gasteiger charge is 2.21. The normalized spacial score (nSPS) is 21.1. The van der Waals surface area contributed by atoms with Crippen molar-refractivity contribution in [3.05, 3.63) is 0 Å². The van der Waals surface area contributed by atoms with E-state index in [2.05, 4.69) is 38.3 Å². The van der Waals surface area contributed by atoms with Gasteiger partial charge in [-0.3, -0.25) is 4.79 Å². The monoisotopic (exact) mass is 254 g/mol. The molecule has 0 aromatic heterocycles. The largest absolute Gasteiger partial charge is 0.356 e. The van der Waals surface area contributed by atoms with Crippen molar-refractivity contribution < 1.29 is 4.79 Å². The third-order valence-corrected chi connectivity index (χ3v) is 3.57. The van der Waals surface area contributed by atoms with Gasteiger partial charge in [0.25, 0.3) is 0 Å². The Labute approximate surface area is 112 Å². The first kappa shape index (κ1) is 15.5. The molecule has 1 atom stereocenters. The van der Waals surface area contributed by atoms with Crippen molar-refractivity contribution in [2.24, 2.45) is 11.3 Å². The van der Waals surface area contributed by atoms with Gasteiger partial charge in [-0.15, -0.1) is 0 Å². The van der Waals surface area contributed by atoms with Gasteiger partial charge in [-0.05, 0) is 37.1 Å². The molecule has 18 heavy (non-hydrogen) atoms. The predicted molar refractivity (Wildman–Crippen MR) is 76.5 cm³/mol. The third-order valence-electron chi connectivity index (χ3n) is 3.57. The minimum Gasteiger partial charge on any atom is -0.356 e. The summed E-state index contributed by atoms with van der Waals surface area (Å²) in [7, 11) is 0. The van der Waals surface area contributed by atoms with Crippen molar-refractivity contribution in [1.82, 2.24) is 10.6 Å². The molecule has 1 unspecified atom stereocenters. The lowest BCUT2D eigenvalue weighted by Crippen LogP contribution is -2.41. The summed E-state index contributed by atoms with van der Waals surface area (Å²) in [6.07, 6.45) is 5.43. The zero-order chi connectivity index (χ0) is 13.6. The summed E-state index contributed by atoms with van der Waals surface area (Å²) in [6.45, 7) is 10.8. The Balaban J connectivity index is 2.23. The van der Waals surface area contributed by atoms with Crippen LogP contribution in [0.25, 0.3) is 0 Å². The summed E-state index contributed by atoms with van der Waals surface area (Å²) in [5, 5.41) is 6.52. The van der Waals surface area contributed by atoms with Gasteiger partial charge < -0.3 is 10.6 Å². The van der Waals surface area contributed by atoms with Gasteiger partial charge in [-0.25, -0.2) is 0 Å². The summed E-state index contributed by atoms with van der Waals surface area (Å²) in [5.74, 6) is 0.878. The molecular formula is C15H30N2O. The fraction of sp³-hybridized carbons (Fsp3) is 0.933. The van der Waals surface area contributed by atoms with Gasteiger partial charge in [-0.2, -0.15) is 0 Å². The van der Waals surface area contributed by atoms with Gasteiger partial charge in [0.05, 0.1) is 0 Å². The van der Waals surface area contributed by atoms with E-state index in [-0.39, 0.29) is 11.3 Å². The van der Waals surface area contributed by atoms with E-state index in [0.717, 1.165) is 25.9 Å². The van der Waals surface area contributed by atoms with Crippen LogP contribution in [0.4, 0.5) is 0 Å². The first-order valence-corrected chi connectivity index (χ1v) is 7.39. The fourth-order valence-corrected chi connectivity index (χ4v) is 2.91. The maximum absolute atomic E-state index is 11.9. The molecule has 1 heterocycles. The molecule has 3 heteroatoms. The highest BCUT2D eigenvalue weighted by molar-refractivity contribution is 5.76. The number of hydrogen-bond acceptors (Lipinski definition) is 2. The Bertz CT molecular complexity index is 255. The van der Waals surface area contributed by atoms with Crippen LogP contribution in [0.15, 0.2) is 0 Å². The van der Waals surface area contributed by atoms with E-state index in [1.165, 1.54) is 12.8 Å². The Morgan fingerprint density at radius 3 is 2.67 bits per heavy atom. The lowest BCUT2D eigenvalue weighted by atomic mass is 9.84. The standard InChI is InChI=1S/C15H30N2O/c1-12(2)10-15(3,4)11-17-14(18)9-13-7-5-6-8-16-13/h12-13,16H,5-11H2,1-4H3,(H,17,18). The summed E-state index contributed by atoms with van der Waals surface area (Å²) < 4.78 is 0. The van der Waals surface area contributed by atoms with Gasteiger partial charge in [0.1, 0.15) is 0 Å². The molecule has 0 radical (unpaired) electrons. The number of amides is 1. The van der Waals surface area contributed by atoms with Crippen LogP contribution in [0.3, 0.4) is 0 Å². The molecule has 0 aliphatic carbocycles. The molecule has 1 saturated heterocycles. The minimum atomic E-state index is 0.198. The van der Waals surface area contributed by atoms with Crippen LogP contribution >= 0.6 is 0 Å². The first-order chi connectivity index (χ1) is 8.39. The van der Waals surface area contributed by atoms with Crippen molar-refractivity contribution in [3.63, 3.8) is 0 Å². The highest BCUT2D eigenvalue weighted by Crippen LogP contribution is 2.24. The lowest BCUT2D eigenvalue weighted by molar-refractivity contribution is -0.122. The van der Waals surface area contributed by atoms with Crippen LogP contribution in [0.5, 0.6) is 0 Å². The van der Waals surface area contributed by atoms with Gasteiger partial charge in [-0.1, -0.05) is 34.1 Å². The molecule has 106 valence electrons. The van der Waals surface area contributed by atoms with Crippen molar-refractivity contribution in [1.29, 1.82) is 0 Å². The second-order valence-corrected chi connectivity index (χ2v) is 6.89. The lowest BCUT2D eigenvalue weighted by Gasteiger charge is -2.28. The average molecular weight is 254 g/mol. The molecule has 0 spiro atoms. The molecule has 1 fully saturated rings. The smallest absolute Gasteiger partial charge is 0.221 e. The topological polar surface area (TPSA) is 41.1 Å². The zero-order valence-corrected chi connectivity index (χ0v) is 12.5. The average Bonchev–Trinajstić information content (AvgIpc) is 2.26.